The highest BCUT2D eigenvalue weighted by molar-refractivity contribution is 5.91. The largest absolute Gasteiger partial charge is 0.504 e. The fraction of sp³-hybridized carbons (Fsp3) is 0.483. The molecule has 18 nitrogen and oxygen atoms in total. The van der Waals surface area contributed by atoms with Crippen molar-refractivity contribution in [1.82, 2.24) is 0 Å². The molecule has 0 spiro atoms. The molecule has 258 valence electrons. The topological polar surface area (TPSA) is 288 Å². The first-order chi connectivity index (χ1) is 22.4. The summed E-state index contributed by atoms with van der Waals surface area (Å²) in [5.74, 6) is -3.23. The summed E-state index contributed by atoms with van der Waals surface area (Å²) in [5.41, 5.74) is -1.33. The average molecular weight is 671 g/mol. The maximum Gasteiger partial charge on any atom is 0.239 e. The third-order valence-electron chi connectivity index (χ3n) is 7.89. The number of phenolic OH excluding ortho intramolecular Hbond substituents is 3. The van der Waals surface area contributed by atoms with Gasteiger partial charge in [-0.15, -0.1) is 0 Å². The van der Waals surface area contributed by atoms with Gasteiger partial charge in [-0.05, 0) is 18.2 Å². The Bertz CT molecular complexity index is 1640. The van der Waals surface area contributed by atoms with E-state index >= 15 is 0 Å². The van der Waals surface area contributed by atoms with Crippen molar-refractivity contribution in [2.24, 2.45) is 0 Å². The molecule has 0 radical (unpaired) electrons. The van der Waals surface area contributed by atoms with E-state index in [1.54, 1.807) is 0 Å². The van der Waals surface area contributed by atoms with Crippen molar-refractivity contribution in [3.63, 3.8) is 0 Å². The molecule has 2 saturated heterocycles. The summed E-state index contributed by atoms with van der Waals surface area (Å²) in [6.07, 6.45) is -18.0. The summed E-state index contributed by atoms with van der Waals surface area (Å²) in [6, 6.07) is 4.59. The Hall–Kier alpha value is -3.95. The van der Waals surface area contributed by atoms with Crippen LogP contribution in [0, 0.1) is 0 Å². The Balaban J connectivity index is 1.60. The normalized spacial score (nSPS) is 31.1. The molecule has 18 heteroatoms. The minimum Gasteiger partial charge on any atom is -0.504 e. The summed E-state index contributed by atoms with van der Waals surface area (Å²) in [6.45, 7) is -1.68. The third-order valence-corrected chi connectivity index (χ3v) is 7.89. The van der Waals surface area contributed by atoms with Crippen molar-refractivity contribution in [2.75, 3.05) is 27.4 Å². The second-order valence-corrected chi connectivity index (χ2v) is 10.7. The van der Waals surface area contributed by atoms with Gasteiger partial charge in [0.1, 0.15) is 59.8 Å². The number of aliphatic hydroxyl groups excluding tert-OH is 7. The van der Waals surface area contributed by atoms with Crippen LogP contribution >= 0.6 is 0 Å². The molecule has 10 atom stereocenters. The summed E-state index contributed by atoms with van der Waals surface area (Å²) >= 11 is 0. The van der Waals surface area contributed by atoms with Gasteiger partial charge in [-0.25, -0.2) is 0 Å². The minimum atomic E-state index is -2.05. The van der Waals surface area contributed by atoms with Crippen LogP contribution in [0.3, 0.4) is 0 Å². The number of fused-ring (bicyclic) bond motifs is 1. The highest BCUT2D eigenvalue weighted by Crippen LogP contribution is 2.45. The van der Waals surface area contributed by atoms with Gasteiger partial charge >= 0.3 is 0 Å². The number of rotatable bonds is 9. The first-order valence-electron chi connectivity index (χ1n) is 14.1. The Morgan fingerprint density at radius 2 is 1.40 bits per heavy atom. The van der Waals surface area contributed by atoms with Gasteiger partial charge in [0.2, 0.25) is 23.2 Å². The van der Waals surface area contributed by atoms with Gasteiger partial charge in [0, 0.05) is 11.6 Å². The van der Waals surface area contributed by atoms with Crippen molar-refractivity contribution >= 4 is 11.0 Å². The average Bonchev–Trinajstić information content (AvgIpc) is 3.05. The summed E-state index contributed by atoms with van der Waals surface area (Å²) < 4.78 is 38.6. The molecule has 2 aliphatic rings. The Morgan fingerprint density at radius 3 is 2.02 bits per heavy atom. The van der Waals surface area contributed by atoms with Crippen LogP contribution in [0.25, 0.3) is 22.3 Å². The first-order valence-corrected chi connectivity index (χ1v) is 14.1. The Labute approximate surface area is 264 Å². The minimum absolute atomic E-state index is 0.0205. The van der Waals surface area contributed by atoms with E-state index in [0.29, 0.717) is 0 Å². The molecular formula is C29H34O18. The SMILES string of the molecule is COc1cc2oc(-c3ccc(O)c(O)c3)c(O[C@@H]3O[C@H](CO)[C@H](O)[C@H](O[C@@H]4O[C@H](CO)[C@@H](O)[C@H](O)[C@H]4O)[C@H]3O)c(=O)c2c(O)c1OC. The van der Waals surface area contributed by atoms with Gasteiger partial charge < -0.3 is 83.9 Å². The Morgan fingerprint density at radius 1 is 0.745 bits per heavy atom. The molecule has 0 amide bonds. The quantitative estimate of drug-likeness (QED) is 0.106. The van der Waals surface area contributed by atoms with E-state index in [-0.39, 0.29) is 22.6 Å². The highest BCUT2D eigenvalue weighted by atomic mass is 16.7. The van der Waals surface area contributed by atoms with Gasteiger partial charge in [0.25, 0.3) is 0 Å². The standard InChI is InChI=1S/C29H34O18/c1-41-13-6-12-16(19(36)25(13)42-2)20(37)27(24(43-12)9-3-4-10(32)11(33)5-9)47-29-23(40)26(18(35)15(8-31)45-29)46-28-22(39)21(38)17(34)14(7-30)44-28/h3-6,14-15,17-18,21-23,26,28-36,38-40H,7-8H2,1-2H3/t14-,15-,17-,18+,21+,22-,23-,26+,28+,29+/m1/s1. The van der Waals surface area contributed by atoms with E-state index in [2.05, 4.69) is 0 Å². The molecule has 0 aliphatic carbocycles. The second kappa shape index (κ2) is 13.6. The highest BCUT2D eigenvalue weighted by Gasteiger charge is 2.51. The molecule has 3 heterocycles. The van der Waals surface area contributed by atoms with Crippen LogP contribution in [0.4, 0.5) is 0 Å². The van der Waals surface area contributed by atoms with Crippen molar-refractivity contribution in [1.29, 1.82) is 0 Å². The lowest BCUT2D eigenvalue weighted by atomic mass is 9.97. The predicted octanol–water partition coefficient (Wildman–Crippen LogP) is -2.40. The molecule has 47 heavy (non-hydrogen) atoms. The smallest absolute Gasteiger partial charge is 0.239 e. The number of methoxy groups -OCH3 is 2. The van der Waals surface area contributed by atoms with E-state index < -0.39 is 114 Å². The van der Waals surface area contributed by atoms with Crippen LogP contribution in [0.5, 0.6) is 34.5 Å². The summed E-state index contributed by atoms with van der Waals surface area (Å²) in [4.78, 5) is 14.0. The summed E-state index contributed by atoms with van der Waals surface area (Å²) in [5, 5.41) is 103. The van der Waals surface area contributed by atoms with E-state index in [1.807, 2.05) is 0 Å². The van der Waals surface area contributed by atoms with Crippen molar-refractivity contribution in [3.8, 4) is 45.8 Å². The predicted molar refractivity (Wildman–Crippen MR) is 153 cm³/mol. The van der Waals surface area contributed by atoms with Crippen molar-refractivity contribution in [2.45, 2.75) is 61.4 Å². The molecule has 5 rings (SSSR count). The van der Waals surface area contributed by atoms with Crippen molar-refractivity contribution < 1.29 is 83.9 Å². The number of hydrogen-bond donors (Lipinski definition) is 10. The molecule has 0 bridgehead atoms. The van der Waals surface area contributed by atoms with Crippen LogP contribution in [0.2, 0.25) is 0 Å². The van der Waals surface area contributed by atoms with Gasteiger partial charge in [-0.2, -0.15) is 0 Å². The van der Waals surface area contributed by atoms with Crippen LogP contribution in [0.1, 0.15) is 0 Å². The Kier molecular flexibility index (Phi) is 9.99. The number of hydrogen-bond acceptors (Lipinski definition) is 18. The van der Waals surface area contributed by atoms with Crippen LogP contribution in [0.15, 0.2) is 33.5 Å². The van der Waals surface area contributed by atoms with E-state index in [1.165, 1.54) is 26.4 Å². The number of ether oxygens (including phenoxy) is 6. The monoisotopic (exact) mass is 670 g/mol. The van der Waals surface area contributed by atoms with Gasteiger partial charge in [0.15, 0.2) is 35.0 Å². The number of benzene rings is 2. The molecule has 1 aromatic heterocycles. The van der Waals surface area contributed by atoms with Gasteiger partial charge in [-0.3, -0.25) is 4.79 Å². The lowest BCUT2D eigenvalue weighted by Gasteiger charge is -2.45. The molecule has 2 fully saturated rings. The number of aromatic hydroxyl groups is 3. The lowest BCUT2D eigenvalue weighted by Crippen LogP contribution is -2.65. The van der Waals surface area contributed by atoms with Crippen LogP contribution < -0.4 is 19.6 Å². The van der Waals surface area contributed by atoms with Crippen LogP contribution in [-0.2, 0) is 14.2 Å². The van der Waals surface area contributed by atoms with E-state index in [9.17, 15) is 55.9 Å². The molecule has 3 aromatic rings. The maximum atomic E-state index is 14.0. The summed E-state index contributed by atoms with van der Waals surface area (Å²) in [7, 11) is 2.48. The maximum absolute atomic E-state index is 14.0. The molecule has 0 saturated carbocycles. The molecule has 2 aromatic carbocycles. The van der Waals surface area contributed by atoms with E-state index in [4.69, 9.17) is 32.8 Å². The van der Waals surface area contributed by atoms with Crippen LogP contribution in [-0.4, -0.2) is 140 Å². The number of aliphatic hydroxyl groups is 7. The zero-order chi connectivity index (χ0) is 34.3. The van der Waals surface area contributed by atoms with Gasteiger partial charge in [0.05, 0.1) is 27.4 Å². The molecular weight excluding hydrogens is 636 g/mol. The zero-order valence-corrected chi connectivity index (χ0v) is 24.7. The van der Waals surface area contributed by atoms with E-state index in [0.717, 1.165) is 12.1 Å². The van der Waals surface area contributed by atoms with Crippen molar-refractivity contribution in [3.05, 3.63) is 34.5 Å². The van der Waals surface area contributed by atoms with Gasteiger partial charge in [-0.1, -0.05) is 0 Å². The third kappa shape index (κ3) is 6.11. The number of phenols is 3. The molecule has 0 unspecified atom stereocenters. The molecule has 2 aliphatic heterocycles. The zero-order valence-electron chi connectivity index (χ0n) is 24.7. The first kappa shape index (κ1) is 34.4. The second-order valence-electron chi connectivity index (χ2n) is 10.7. The fourth-order valence-corrected chi connectivity index (χ4v) is 5.35. The lowest BCUT2D eigenvalue weighted by molar-refractivity contribution is -0.352. The fourth-order valence-electron chi connectivity index (χ4n) is 5.35. The molecule has 10 N–H and O–H groups in total.